The average molecular weight is 444 g/mol. The Labute approximate surface area is 182 Å². The molecule has 2 aromatic rings. The van der Waals surface area contributed by atoms with E-state index in [1.165, 1.54) is 23.5 Å². The molecule has 1 aromatic carbocycles. The quantitative estimate of drug-likeness (QED) is 0.504. The van der Waals surface area contributed by atoms with Crippen LogP contribution in [-0.4, -0.2) is 37.2 Å². The molecule has 0 fully saturated rings. The Morgan fingerprint density at radius 1 is 1.19 bits per heavy atom. The molecule has 1 aromatic heterocycles. The molecule has 7 nitrogen and oxygen atoms in total. The zero-order chi connectivity index (χ0) is 22.4. The van der Waals surface area contributed by atoms with Crippen LogP contribution in [0.15, 0.2) is 53.0 Å². The van der Waals surface area contributed by atoms with Crippen LogP contribution in [0.5, 0.6) is 0 Å². The van der Waals surface area contributed by atoms with Crippen molar-refractivity contribution in [1.29, 1.82) is 0 Å². The molecule has 0 saturated heterocycles. The van der Waals surface area contributed by atoms with Gasteiger partial charge in [0.1, 0.15) is 12.4 Å². The van der Waals surface area contributed by atoms with Crippen LogP contribution in [0.25, 0.3) is 11.6 Å². The third-order valence-electron chi connectivity index (χ3n) is 4.40. The van der Waals surface area contributed by atoms with E-state index in [1.807, 2.05) is 5.38 Å². The minimum atomic E-state index is -0.650. The smallest absolute Gasteiger partial charge is 0.339 e. The molecular formula is C22H21FN2O5S. The van der Waals surface area contributed by atoms with Crippen molar-refractivity contribution in [1.82, 2.24) is 10.6 Å². The minimum absolute atomic E-state index is 0.162. The lowest BCUT2D eigenvalue weighted by Gasteiger charge is -2.26. The van der Waals surface area contributed by atoms with E-state index < -0.39 is 24.0 Å². The van der Waals surface area contributed by atoms with Crippen molar-refractivity contribution >= 4 is 41.0 Å². The van der Waals surface area contributed by atoms with E-state index in [9.17, 15) is 18.8 Å². The van der Waals surface area contributed by atoms with Gasteiger partial charge in [0.2, 0.25) is 0 Å². The maximum atomic E-state index is 13.2. The maximum absolute atomic E-state index is 13.2. The first-order valence-electron chi connectivity index (χ1n) is 9.55. The number of hydrogen-bond acceptors (Lipinski definition) is 6. The van der Waals surface area contributed by atoms with E-state index in [2.05, 4.69) is 10.6 Å². The summed E-state index contributed by atoms with van der Waals surface area (Å²) in [6.07, 6.45) is 1.60. The van der Waals surface area contributed by atoms with Crippen molar-refractivity contribution in [3.05, 3.63) is 69.3 Å². The number of rotatable bonds is 7. The molecule has 3 rings (SSSR count). The van der Waals surface area contributed by atoms with Crippen LogP contribution in [0.4, 0.5) is 9.18 Å². The fraction of sp³-hybridized carbons (Fsp3) is 0.227. The van der Waals surface area contributed by atoms with Crippen molar-refractivity contribution in [3.63, 3.8) is 0 Å². The number of hydrogen-bond donors (Lipinski definition) is 2. The van der Waals surface area contributed by atoms with Gasteiger partial charge in [0.25, 0.3) is 0 Å². The SMILES string of the molecule is CCOC(=O)C1=C(COC(=O)/C(=C/c2ccc(F)cc2)c2cccs2)NC(=O)N[C@H]1C. The number of halogens is 1. The number of carbonyl (C=O) groups is 3. The fourth-order valence-corrected chi connectivity index (χ4v) is 3.73. The zero-order valence-electron chi connectivity index (χ0n) is 16.9. The molecule has 0 bridgehead atoms. The normalized spacial score (nSPS) is 16.4. The molecule has 1 aliphatic rings. The predicted octanol–water partition coefficient (Wildman–Crippen LogP) is 3.49. The molecule has 2 heterocycles. The molecule has 9 heteroatoms. The highest BCUT2D eigenvalue weighted by Gasteiger charge is 2.30. The highest BCUT2D eigenvalue weighted by molar-refractivity contribution is 7.11. The third-order valence-corrected chi connectivity index (χ3v) is 5.30. The molecule has 0 unspecified atom stereocenters. The topological polar surface area (TPSA) is 93.7 Å². The van der Waals surface area contributed by atoms with Crippen molar-refractivity contribution in [3.8, 4) is 0 Å². The van der Waals surface area contributed by atoms with E-state index in [0.717, 1.165) is 0 Å². The van der Waals surface area contributed by atoms with Crippen LogP contribution < -0.4 is 10.6 Å². The van der Waals surface area contributed by atoms with Gasteiger partial charge in [-0.2, -0.15) is 0 Å². The largest absolute Gasteiger partial charge is 0.463 e. The Morgan fingerprint density at radius 2 is 1.94 bits per heavy atom. The van der Waals surface area contributed by atoms with E-state index in [-0.39, 0.29) is 35.9 Å². The molecule has 0 spiro atoms. The number of nitrogens with one attached hydrogen (secondary N) is 2. The molecule has 0 saturated carbocycles. The van der Waals surface area contributed by atoms with Crippen LogP contribution in [0, 0.1) is 5.82 Å². The van der Waals surface area contributed by atoms with Crippen LogP contribution in [0.3, 0.4) is 0 Å². The summed E-state index contributed by atoms with van der Waals surface area (Å²) >= 11 is 1.35. The van der Waals surface area contributed by atoms with Gasteiger partial charge in [-0.25, -0.2) is 18.8 Å². The van der Waals surface area contributed by atoms with Crippen molar-refractivity contribution in [2.75, 3.05) is 13.2 Å². The van der Waals surface area contributed by atoms with Crippen LogP contribution in [0.1, 0.15) is 24.3 Å². The van der Waals surface area contributed by atoms with Crippen molar-refractivity contribution < 1.29 is 28.2 Å². The average Bonchev–Trinajstić information content (AvgIpc) is 3.25. The third kappa shape index (κ3) is 5.58. The Balaban J connectivity index is 1.86. The van der Waals surface area contributed by atoms with Crippen LogP contribution in [0.2, 0.25) is 0 Å². The first-order valence-corrected chi connectivity index (χ1v) is 10.4. The summed E-state index contributed by atoms with van der Waals surface area (Å²) in [5.41, 5.74) is 1.25. The number of benzene rings is 1. The fourth-order valence-electron chi connectivity index (χ4n) is 3.00. The Morgan fingerprint density at radius 3 is 2.58 bits per heavy atom. The van der Waals surface area contributed by atoms with Gasteiger partial charge < -0.3 is 20.1 Å². The van der Waals surface area contributed by atoms with E-state index in [4.69, 9.17) is 9.47 Å². The standard InChI is InChI=1S/C22H21FN2O5S/c1-3-29-21(27)19-13(2)24-22(28)25-17(19)12-30-20(26)16(18-5-4-10-31-18)11-14-6-8-15(23)9-7-14/h4-11,13H,3,12H2,1-2H3,(H2,24,25,28)/b16-11+/t13-/m0/s1. The number of carbonyl (C=O) groups excluding carboxylic acids is 3. The lowest BCUT2D eigenvalue weighted by molar-refractivity contribution is -0.140. The number of urea groups is 1. The van der Waals surface area contributed by atoms with E-state index in [1.54, 1.807) is 44.2 Å². The number of amides is 2. The molecular weight excluding hydrogens is 423 g/mol. The molecule has 0 radical (unpaired) electrons. The van der Waals surface area contributed by atoms with Crippen molar-refractivity contribution in [2.24, 2.45) is 0 Å². The number of ether oxygens (including phenoxy) is 2. The van der Waals surface area contributed by atoms with Gasteiger partial charge in [-0.3, -0.25) is 0 Å². The second-order valence-electron chi connectivity index (χ2n) is 6.60. The van der Waals surface area contributed by atoms with Gasteiger partial charge in [0.05, 0.1) is 29.5 Å². The second-order valence-corrected chi connectivity index (χ2v) is 7.54. The zero-order valence-corrected chi connectivity index (χ0v) is 17.8. The molecule has 1 aliphatic heterocycles. The summed E-state index contributed by atoms with van der Waals surface area (Å²) in [6.45, 7) is 3.15. The number of thiophene rings is 1. The molecule has 2 N–H and O–H groups in total. The van der Waals surface area contributed by atoms with Gasteiger partial charge >= 0.3 is 18.0 Å². The Bertz CT molecular complexity index is 1030. The minimum Gasteiger partial charge on any atom is -0.463 e. The molecule has 2 amide bonds. The maximum Gasteiger partial charge on any atom is 0.339 e. The van der Waals surface area contributed by atoms with Gasteiger partial charge in [0.15, 0.2) is 0 Å². The first kappa shape index (κ1) is 22.2. The summed E-state index contributed by atoms with van der Waals surface area (Å²) in [6, 6.07) is 8.14. The van der Waals surface area contributed by atoms with Gasteiger partial charge in [0, 0.05) is 4.88 Å². The van der Waals surface area contributed by atoms with Gasteiger partial charge in [-0.15, -0.1) is 11.3 Å². The lowest BCUT2D eigenvalue weighted by Crippen LogP contribution is -2.50. The molecule has 0 aliphatic carbocycles. The van der Waals surface area contributed by atoms with Gasteiger partial charge in [-0.1, -0.05) is 18.2 Å². The summed E-state index contributed by atoms with van der Waals surface area (Å²) < 4.78 is 23.7. The second kappa shape index (κ2) is 10.0. The monoisotopic (exact) mass is 444 g/mol. The van der Waals surface area contributed by atoms with Gasteiger partial charge in [-0.05, 0) is 49.1 Å². The highest BCUT2D eigenvalue weighted by atomic mass is 32.1. The van der Waals surface area contributed by atoms with Crippen LogP contribution >= 0.6 is 11.3 Å². The number of esters is 2. The Kier molecular flexibility index (Phi) is 7.19. The van der Waals surface area contributed by atoms with E-state index >= 15 is 0 Å². The Hall–Kier alpha value is -3.46. The first-order chi connectivity index (χ1) is 14.9. The summed E-state index contributed by atoms with van der Waals surface area (Å²) in [7, 11) is 0. The molecule has 31 heavy (non-hydrogen) atoms. The molecule has 1 atom stereocenters. The van der Waals surface area contributed by atoms with Crippen LogP contribution in [-0.2, 0) is 19.1 Å². The predicted molar refractivity (Wildman–Crippen MR) is 114 cm³/mol. The summed E-state index contributed by atoms with van der Waals surface area (Å²) in [4.78, 5) is 37.7. The van der Waals surface area contributed by atoms with E-state index in [0.29, 0.717) is 10.4 Å². The highest BCUT2D eigenvalue weighted by Crippen LogP contribution is 2.25. The molecule has 162 valence electrons. The summed E-state index contributed by atoms with van der Waals surface area (Å²) in [5, 5.41) is 6.91. The summed E-state index contributed by atoms with van der Waals surface area (Å²) in [5.74, 6) is -1.64. The lowest BCUT2D eigenvalue weighted by atomic mass is 10.0. The van der Waals surface area contributed by atoms with Crippen molar-refractivity contribution in [2.45, 2.75) is 19.9 Å².